The van der Waals surface area contributed by atoms with Crippen molar-refractivity contribution in [2.24, 2.45) is 0 Å². The number of carboxylic acids is 1. The van der Waals surface area contributed by atoms with Gasteiger partial charge in [0.2, 0.25) is 0 Å². The molecule has 0 unspecified atom stereocenters. The second-order valence-electron chi connectivity index (χ2n) is 6.36. The number of hydrogen-bond acceptors (Lipinski definition) is 2. The summed E-state index contributed by atoms with van der Waals surface area (Å²) >= 11 is 0. The topological polar surface area (TPSA) is 49.3 Å². The quantitative estimate of drug-likeness (QED) is 0.843. The van der Waals surface area contributed by atoms with Gasteiger partial charge in [0.05, 0.1) is 6.42 Å². The first-order valence-corrected chi connectivity index (χ1v) is 7.87. The molecule has 0 saturated heterocycles. The largest absolute Gasteiger partial charge is 0.481 e. The minimum Gasteiger partial charge on any atom is -0.481 e. The van der Waals surface area contributed by atoms with Crippen LogP contribution in [0.5, 0.6) is 0 Å². The number of nitrogens with one attached hydrogen (secondary N) is 1. The van der Waals surface area contributed by atoms with Crippen molar-refractivity contribution in [3.05, 3.63) is 57.1 Å². The van der Waals surface area contributed by atoms with Gasteiger partial charge in [-0.25, -0.2) is 0 Å². The lowest BCUT2D eigenvalue weighted by molar-refractivity contribution is -0.136. The highest BCUT2D eigenvalue weighted by molar-refractivity contribution is 5.77. The van der Waals surface area contributed by atoms with Crippen molar-refractivity contribution in [3.63, 3.8) is 0 Å². The fraction of sp³-hybridized carbons (Fsp3) is 0.350. The molecule has 3 nitrogen and oxygen atoms in total. The summed E-state index contributed by atoms with van der Waals surface area (Å²) in [4.78, 5) is 11.1. The van der Waals surface area contributed by atoms with Crippen molar-refractivity contribution >= 4 is 17.3 Å². The van der Waals surface area contributed by atoms with Crippen LogP contribution >= 0.6 is 0 Å². The lowest BCUT2D eigenvalue weighted by Crippen LogP contribution is -2.07. The van der Waals surface area contributed by atoms with Crippen LogP contribution < -0.4 is 5.32 Å². The number of hydrogen-bond donors (Lipinski definition) is 2. The number of aliphatic carboxylic acids is 1. The maximum atomic E-state index is 11.1. The van der Waals surface area contributed by atoms with Crippen molar-refractivity contribution in [2.45, 2.75) is 48.0 Å². The van der Waals surface area contributed by atoms with Crippen LogP contribution in [0.1, 0.15) is 38.9 Å². The van der Waals surface area contributed by atoms with E-state index in [1.54, 1.807) is 0 Å². The van der Waals surface area contributed by atoms with Crippen LogP contribution in [0.4, 0.5) is 11.4 Å². The molecule has 0 aliphatic rings. The zero-order valence-electron chi connectivity index (χ0n) is 14.8. The zero-order valence-corrected chi connectivity index (χ0v) is 14.8. The first-order chi connectivity index (χ1) is 10.7. The molecule has 0 heterocycles. The number of aryl methyl sites for hydroxylation is 1. The van der Waals surface area contributed by atoms with Crippen molar-refractivity contribution in [1.29, 1.82) is 0 Å². The van der Waals surface area contributed by atoms with Crippen molar-refractivity contribution in [3.8, 4) is 0 Å². The number of carboxylic acid groups (broad SMARTS) is 1. The Bertz CT molecular complexity index is 747. The Kier molecular flexibility index (Phi) is 4.79. The molecule has 2 aromatic rings. The van der Waals surface area contributed by atoms with Crippen LogP contribution in [0.3, 0.4) is 0 Å². The van der Waals surface area contributed by atoms with E-state index in [-0.39, 0.29) is 6.42 Å². The van der Waals surface area contributed by atoms with Gasteiger partial charge >= 0.3 is 5.97 Å². The summed E-state index contributed by atoms with van der Waals surface area (Å²) in [6, 6.07) is 5.91. The summed E-state index contributed by atoms with van der Waals surface area (Å²) < 4.78 is 0. The highest BCUT2D eigenvalue weighted by atomic mass is 16.4. The van der Waals surface area contributed by atoms with E-state index >= 15 is 0 Å². The van der Waals surface area contributed by atoms with Crippen LogP contribution in [0.25, 0.3) is 0 Å². The fourth-order valence-corrected chi connectivity index (χ4v) is 2.98. The normalized spacial score (nSPS) is 10.7. The maximum absolute atomic E-state index is 11.1. The van der Waals surface area contributed by atoms with Gasteiger partial charge in [-0.3, -0.25) is 4.79 Å². The van der Waals surface area contributed by atoms with Crippen molar-refractivity contribution < 1.29 is 9.90 Å². The predicted octanol–water partition coefficient (Wildman–Crippen LogP) is 4.91. The average molecular weight is 311 g/mol. The lowest BCUT2D eigenvalue weighted by atomic mass is 9.92. The molecule has 0 radical (unpaired) electrons. The second-order valence-corrected chi connectivity index (χ2v) is 6.36. The van der Waals surface area contributed by atoms with E-state index < -0.39 is 5.97 Å². The molecular weight excluding hydrogens is 286 g/mol. The van der Waals surface area contributed by atoms with Crippen molar-refractivity contribution in [2.75, 3.05) is 5.32 Å². The van der Waals surface area contributed by atoms with Gasteiger partial charge in [0.1, 0.15) is 0 Å². The van der Waals surface area contributed by atoms with Crippen molar-refractivity contribution in [1.82, 2.24) is 0 Å². The molecule has 0 aliphatic heterocycles. The Labute approximate surface area is 138 Å². The van der Waals surface area contributed by atoms with Gasteiger partial charge < -0.3 is 10.4 Å². The first-order valence-electron chi connectivity index (χ1n) is 7.87. The molecule has 0 bridgehead atoms. The number of rotatable bonds is 4. The van der Waals surface area contributed by atoms with Gasteiger partial charge in [-0.15, -0.1) is 0 Å². The predicted molar refractivity (Wildman–Crippen MR) is 95.9 cm³/mol. The molecule has 0 atom stereocenters. The summed E-state index contributed by atoms with van der Waals surface area (Å²) in [6.07, 6.45) is 0.0198. The van der Waals surface area contributed by atoms with Gasteiger partial charge in [0.15, 0.2) is 0 Å². The maximum Gasteiger partial charge on any atom is 0.307 e. The number of carbonyl (C=O) groups is 1. The van der Waals surface area contributed by atoms with Crippen LogP contribution in [0.2, 0.25) is 0 Å². The zero-order chi connectivity index (χ0) is 17.3. The highest BCUT2D eigenvalue weighted by Crippen LogP contribution is 2.33. The smallest absolute Gasteiger partial charge is 0.307 e. The third-order valence-corrected chi connectivity index (χ3v) is 4.86. The van der Waals surface area contributed by atoms with Crippen LogP contribution in [-0.4, -0.2) is 11.1 Å². The molecule has 0 saturated carbocycles. The Morgan fingerprint density at radius 2 is 1.43 bits per heavy atom. The van der Waals surface area contributed by atoms with Crippen LogP contribution in [0, 0.1) is 41.5 Å². The lowest BCUT2D eigenvalue weighted by Gasteiger charge is -2.21. The molecule has 23 heavy (non-hydrogen) atoms. The molecule has 0 spiro atoms. The highest BCUT2D eigenvalue weighted by Gasteiger charge is 2.14. The van der Waals surface area contributed by atoms with E-state index in [9.17, 15) is 4.79 Å². The SMILES string of the molecule is Cc1ccc(Nc2c(C)c(C)c(C)c(C)c2C)c(CC(=O)O)c1. The Morgan fingerprint density at radius 1 is 0.913 bits per heavy atom. The van der Waals surface area contributed by atoms with E-state index in [0.29, 0.717) is 0 Å². The summed E-state index contributed by atoms with van der Waals surface area (Å²) in [6.45, 7) is 12.6. The Morgan fingerprint density at radius 3 is 1.96 bits per heavy atom. The molecule has 0 fully saturated rings. The average Bonchev–Trinajstić information content (AvgIpc) is 2.49. The first kappa shape index (κ1) is 17.1. The van der Waals surface area contributed by atoms with Crippen LogP contribution in [0.15, 0.2) is 18.2 Å². The molecule has 3 heteroatoms. The third-order valence-electron chi connectivity index (χ3n) is 4.86. The monoisotopic (exact) mass is 311 g/mol. The van der Waals surface area contributed by atoms with Gasteiger partial charge in [0.25, 0.3) is 0 Å². The minimum absolute atomic E-state index is 0.0198. The van der Waals surface area contributed by atoms with Gasteiger partial charge in [-0.1, -0.05) is 17.7 Å². The molecule has 0 aliphatic carbocycles. The Hall–Kier alpha value is -2.29. The summed E-state index contributed by atoms with van der Waals surface area (Å²) in [5.41, 5.74) is 10.1. The van der Waals surface area contributed by atoms with E-state index in [1.165, 1.54) is 27.8 Å². The molecule has 122 valence electrons. The molecule has 2 aromatic carbocycles. The fourth-order valence-electron chi connectivity index (χ4n) is 2.98. The second kappa shape index (κ2) is 6.45. The van der Waals surface area contributed by atoms with Gasteiger partial charge in [0, 0.05) is 11.4 Å². The van der Waals surface area contributed by atoms with Gasteiger partial charge in [-0.2, -0.15) is 0 Å². The van der Waals surface area contributed by atoms with E-state index in [0.717, 1.165) is 22.5 Å². The van der Waals surface area contributed by atoms with E-state index in [2.05, 4.69) is 39.9 Å². The number of benzene rings is 2. The Balaban J connectivity index is 2.54. The van der Waals surface area contributed by atoms with Crippen LogP contribution in [-0.2, 0) is 11.2 Å². The molecule has 0 amide bonds. The standard InChI is InChI=1S/C20H25NO2/c1-11-7-8-18(17(9-11)10-19(22)23)21-20-15(5)13(3)12(2)14(4)16(20)6/h7-9,21H,10H2,1-6H3,(H,22,23). The number of anilines is 2. The molecule has 2 N–H and O–H groups in total. The summed E-state index contributed by atoms with van der Waals surface area (Å²) in [7, 11) is 0. The third kappa shape index (κ3) is 3.39. The van der Waals surface area contributed by atoms with Gasteiger partial charge in [-0.05, 0) is 81.0 Å². The molecule has 0 aromatic heterocycles. The summed E-state index contributed by atoms with van der Waals surface area (Å²) in [5.74, 6) is -0.816. The van der Waals surface area contributed by atoms with E-state index in [4.69, 9.17) is 5.11 Å². The van der Waals surface area contributed by atoms with E-state index in [1.807, 2.05) is 25.1 Å². The summed E-state index contributed by atoms with van der Waals surface area (Å²) in [5, 5.41) is 12.6. The molecular formula is C20H25NO2. The minimum atomic E-state index is -0.816. The molecule has 2 rings (SSSR count).